The highest BCUT2D eigenvalue weighted by Crippen LogP contribution is 2.31. The van der Waals surface area contributed by atoms with Gasteiger partial charge in [0.2, 0.25) is 0 Å². The molecule has 88 valence electrons. The lowest BCUT2D eigenvalue weighted by Gasteiger charge is -2.30. The second kappa shape index (κ2) is 4.74. The highest BCUT2D eigenvalue weighted by Gasteiger charge is 2.19. The highest BCUT2D eigenvalue weighted by molar-refractivity contribution is 5.54. The summed E-state index contributed by atoms with van der Waals surface area (Å²) in [6, 6.07) is 6.16. The summed E-state index contributed by atoms with van der Waals surface area (Å²) in [5.41, 5.74) is 7.88. The van der Waals surface area contributed by atoms with Crippen LogP contribution in [0.2, 0.25) is 0 Å². The Kier molecular flexibility index (Phi) is 3.34. The number of hydrogen-bond donors (Lipinski definition) is 1. The highest BCUT2D eigenvalue weighted by atomic mass is 16.5. The van der Waals surface area contributed by atoms with Gasteiger partial charge in [0.15, 0.2) is 0 Å². The molecule has 1 aliphatic rings. The Hall–Kier alpha value is -1.22. The smallest absolute Gasteiger partial charge is 0.142 e. The molecule has 1 aromatic rings. The number of benzene rings is 1. The topological polar surface area (TPSA) is 38.5 Å². The number of methoxy groups -OCH3 is 1. The van der Waals surface area contributed by atoms with E-state index in [1.807, 2.05) is 6.07 Å². The molecule has 1 atom stereocenters. The Bertz CT molecular complexity index is 365. The van der Waals surface area contributed by atoms with Crippen molar-refractivity contribution >= 4 is 5.69 Å². The molecule has 3 heteroatoms. The minimum absolute atomic E-state index is 0.619. The number of nitrogens with two attached hydrogens (primary N) is 1. The third-order valence-electron chi connectivity index (χ3n) is 3.35. The van der Waals surface area contributed by atoms with Crippen molar-refractivity contribution < 1.29 is 4.74 Å². The quantitative estimate of drug-likeness (QED) is 0.776. The summed E-state index contributed by atoms with van der Waals surface area (Å²) >= 11 is 0. The molecule has 16 heavy (non-hydrogen) atoms. The van der Waals surface area contributed by atoms with Crippen LogP contribution in [0.15, 0.2) is 18.2 Å². The van der Waals surface area contributed by atoms with Gasteiger partial charge in [0.05, 0.1) is 12.8 Å². The maximum absolute atomic E-state index is 5.82. The lowest BCUT2D eigenvalue weighted by atomic mass is 9.90. The number of anilines is 1. The third-order valence-corrected chi connectivity index (χ3v) is 3.35. The Labute approximate surface area is 97.2 Å². The van der Waals surface area contributed by atoms with Crippen molar-refractivity contribution in [2.75, 3.05) is 33.0 Å². The zero-order valence-electron chi connectivity index (χ0n) is 10.1. The normalized spacial score (nSPS) is 22.0. The van der Waals surface area contributed by atoms with Crippen LogP contribution in [0.3, 0.4) is 0 Å². The molecule has 2 N–H and O–H groups in total. The Morgan fingerprint density at radius 1 is 1.44 bits per heavy atom. The summed E-state index contributed by atoms with van der Waals surface area (Å²) < 4.78 is 5.26. The van der Waals surface area contributed by atoms with Crippen LogP contribution in [0.4, 0.5) is 5.69 Å². The van der Waals surface area contributed by atoms with Crippen LogP contribution in [0.5, 0.6) is 5.75 Å². The van der Waals surface area contributed by atoms with Gasteiger partial charge in [-0.25, -0.2) is 0 Å². The molecule has 0 spiro atoms. The molecule has 0 aliphatic carbocycles. The second-order valence-electron chi connectivity index (χ2n) is 4.60. The first-order chi connectivity index (χ1) is 7.70. The summed E-state index contributed by atoms with van der Waals surface area (Å²) in [4.78, 5) is 2.39. The number of rotatable bonds is 2. The molecule has 1 heterocycles. The van der Waals surface area contributed by atoms with Gasteiger partial charge in [-0.15, -0.1) is 0 Å². The molecule has 0 radical (unpaired) electrons. The number of likely N-dealkylation sites (N-methyl/N-ethyl adjacent to an activating group) is 1. The van der Waals surface area contributed by atoms with Crippen molar-refractivity contribution in [1.29, 1.82) is 0 Å². The van der Waals surface area contributed by atoms with Crippen molar-refractivity contribution in [3.63, 3.8) is 0 Å². The number of hydrogen-bond acceptors (Lipinski definition) is 3. The number of likely N-dealkylation sites (tertiary alicyclic amines) is 1. The molecule has 1 fully saturated rings. The van der Waals surface area contributed by atoms with Gasteiger partial charge in [0.1, 0.15) is 5.75 Å². The van der Waals surface area contributed by atoms with E-state index in [9.17, 15) is 0 Å². The predicted molar refractivity (Wildman–Crippen MR) is 66.9 cm³/mol. The average molecular weight is 220 g/mol. The molecule has 0 saturated carbocycles. The molecule has 1 saturated heterocycles. The van der Waals surface area contributed by atoms with E-state index >= 15 is 0 Å². The maximum atomic E-state index is 5.82. The molecule has 1 unspecified atom stereocenters. The minimum atomic E-state index is 0.619. The molecular weight excluding hydrogens is 200 g/mol. The van der Waals surface area contributed by atoms with Crippen LogP contribution in [0.25, 0.3) is 0 Å². The molecule has 2 rings (SSSR count). The van der Waals surface area contributed by atoms with E-state index in [2.05, 4.69) is 24.1 Å². The first-order valence-electron chi connectivity index (χ1n) is 5.82. The van der Waals surface area contributed by atoms with E-state index in [1.54, 1.807) is 7.11 Å². The first kappa shape index (κ1) is 11.3. The van der Waals surface area contributed by atoms with Crippen molar-refractivity contribution in [1.82, 2.24) is 4.90 Å². The minimum Gasteiger partial charge on any atom is -0.495 e. The van der Waals surface area contributed by atoms with Crippen LogP contribution in [-0.2, 0) is 0 Å². The van der Waals surface area contributed by atoms with E-state index < -0.39 is 0 Å². The summed E-state index contributed by atoms with van der Waals surface area (Å²) in [6.07, 6.45) is 2.53. The molecule has 3 nitrogen and oxygen atoms in total. The SMILES string of the molecule is COc1cc(C2CCCN(C)C2)ccc1N. The van der Waals surface area contributed by atoms with Crippen LogP contribution in [0, 0.1) is 0 Å². The van der Waals surface area contributed by atoms with Crippen LogP contribution < -0.4 is 10.5 Å². The number of piperidine rings is 1. The molecule has 1 aromatic carbocycles. The van der Waals surface area contributed by atoms with Crippen molar-refractivity contribution in [3.8, 4) is 5.75 Å². The van der Waals surface area contributed by atoms with E-state index in [0.717, 1.165) is 18.0 Å². The molecular formula is C13H20N2O. The Morgan fingerprint density at radius 3 is 2.94 bits per heavy atom. The Balaban J connectivity index is 2.19. The zero-order chi connectivity index (χ0) is 11.5. The summed E-state index contributed by atoms with van der Waals surface area (Å²) in [6.45, 7) is 2.34. The van der Waals surface area contributed by atoms with Gasteiger partial charge in [-0.2, -0.15) is 0 Å². The fourth-order valence-electron chi connectivity index (χ4n) is 2.42. The van der Waals surface area contributed by atoms with Gasteiger partial charge in [0.25, 0.3) is 0 Å². The largest absolute Gasteiger partial charge is 0.495 e. The maximum Gasteiger partial charge on any atom is 0.142 e. The first-order valence-corrected chi connectivity index (χ1v) is 5.82. The number of nitrogen functional groups attached to an aromatic ring is 1. The molecule has 1 aliphatic heterocycles. The number of ether oxygens (including phenoxy) is 1. The molecule has 0 bridgehead atoms. The fraction of sp³-hybridized carbons (Fsp3) is 0.538. The third kappa shape index (κ3) is 2.30. The van der Waals surface area contributed by atoms with Crippen molar-refractivity contribution in [2.24, 2.45) is 0 Å². The standard InChI is InChI=1S/C13H20N2O/c1-15-7-3-4-11(9-15)10-5-6-12(14)13(8-10)16-2/h5-6,8,11H,3-4,7,9,14H2,1-2H3. The predicted octanol–water partition coefficient (Wildman–Crippen LogP) is 2.09. The van der Waals surface area contributed by atoms with Crippen LogP contribution in [0.1, 0.15) is 24.3 Å². The second-order valence-corrected chi connectivity index (χ2v) is 4.60. The van der Waals surface area contributed by atoms with Crippen LogP contribution >= 0.6 is 0 Å². The number of nitrogens with zero attached hydrogens (tertiary/aromatic N) is 1. The lowest BCUT2D eigenvalue weighted by molar-refractivity contribution is 0.250. The van der Waals surface area contributed by atoms with Gasteiger partial charge in [-0.1, -0.05) is 6.07 Å². The summed E-state index contributed by atoms with van der Waals surface area (Å²) in [7, 11) is 3.85. The average Bonchev–Trinajstić information content (AvgIpc) is 2.29. The van der Waals surface area contributed by atoms with Gasteiger partial charge < -0.3 is 15.4 Å². The fourth-order valence-corrected chi connectivity index (χ4v) is 2.42. The van der Waals surface area contributed by atoms with E-state index in [4.69, 9.17) is 10.5 Å². The lowest BCUT2D eigenvalue weighted by Crippen LogP contribution is -2.30. The van der Waals surface area contributed by atoms with E-state index in [-0.39, 0.29) is 0 Å². The van der Waals surface area contributed by atoms with Crippen LogP contribution in [-0.4, -0.2) is 32.1 Å². The monoisotopic (exact) mass is 220 g/mol. The van der Waals surface area contributed by atoms with E-state index in [1.165, 1.54) is 24.9 Å². The van der Waals surface area contributed by atoms with Gasteiger partial charge >= 0.3 is 0 Å². The van der Waals surface area contributed by atoms with Gasteiger partial charge in [-0.3, -0.25) is 0 Å². The van der Waals surface area contributed by atoms with Crippen molar-refractivity contribution in [2.45, 2.75) is 18.8 Å². The van der Waals surface area contributed by atoms with Crippen molar-refractivity contribution in [3.05, 3.63) is 23.8 Å². The molecule has 0 aromatic heterocycles. The van der Waals surface area contributed by atoms with Gasteiger partial charge in [-0.05, 0) is 50.0 Å². The summed E-state index contributed by atoms with van der Waals surface area (Å²) in [5, 5.41) is 0. The van der Waals surface area contributed by atoms with E-state index in [0.29, 0.717) is 5.92 Å². The molecule has 0 amide bonds. The Morgan fingerprint density at radius 2 is 2.25 bits per heavy atom. The van der Waals surface area contributed by atoms with Gasteiger partial charge in [0, 0.05) is 6.54 Å². The zero-order valence-corrected chi connectivity index (χ0v) is 10.1. The summed E-state index contributed by atoms with van der Waals surface area (Å²) in [5.74, 6) is 1.42.